The second kappa shape index (κ2) is 7.15. The van der Waals surface area contributed by atoms with E-state index in [1.165, 1.54) is 0 Å². The van der Waals surface area contributed by atoms with E-state index in [2.05, 4.69) is 15.2 Å². The molecule has 1 N–H and O–H groups in total. The predicted octanol–water partition coefficient (Wildman–Crippen LogP) is 2.00. The summed E-state index contributed by atoms with van der Waals surface area (Å²) in [6, 6.07) is 11.3. The maximum Gasteiger partial charge on any atom is 0.252 e. The van der Waals surface area contributed by atoms with Crippen LogP contribution in [0.2, 0.25) is 0 Å². The largest absolute Gasteiger partial charge is 0.370 e. The van der Waals surface area contributed by atoms with Crippen LogP contribution in [0.3, 0.4) is 0 Å². The van der Waals surface area contributed by atoms with E-state index < -0.39 is 0 Å². The molecule has 6 heteroatoms. The van der Waals surface area contributed by atoms with Crippen LogP contribution in [0.1, 0.15) is 34.8 Å². The van der Waals surface area contributed by atoms with Gasteiger partial charge >= 0.3 is 0 Å². The third kappa shape index (κ3) is 3.27. The minimum Gasteiger partial charge on any atom is -0.370 e. The van der Waals surface area contributed by atoms with E-state index in [4.69, 9.17) is 0 Å². The van der Waals surface area contributed by atoms with Crippen molar-refractivity contribution in [2.45, 2.75) is 18.9 Å². The lowest BCUT2D eigenvalue weighted by Gasteiger charge is -2.24. The van der Waals surface area contributed by atoms with Gasteiger partial charge in [-0.25, -0.2) is 0 Å². The summed E-state index contributed by atoms with van der Waals surface area (Å²) in [5.41, 5.74) is 2.76. The number of nitrogens with one attached hydrogen (secondary N) is 1. The molecular weight excluding hydrogens is 328 g/mol. The van der Waals surface area contributed by atoms with Crippen molar-refractivity contribution in [2.24, 2.45) is 0 Å². The molecule has 4 rings (SSSR count). The van der Waals surface area contributed by atoms with E-state index >= 15 is 0 Å². The van der Waals surface area contributed by atoms with Crippen LogP contribution in [0.5, 0.6) is 0 Å². The van der Waals surface area contributed by atoms with Crippen LogP contribution in [0.25, 0.3) is 0 Å². The summed E-state index contributed by atoms with van der Waals surface area (Å²) in [5.74, 6) is 0.0155. The van der Waals surface area contributed by atoms with Gasteiger partial charge in [0.2, 0.25) is 5.91 Å². The van der Waals surface area contributed by atoms with Crippen LogP contribution in [0, 0.1) is 0 Å². The Labute approximate surface area is 152 Å². The van der Waals surface area contributed by atoms with Gasteiger partial charge in [-0.05, 0) is 30.2 Å². The van der Waals surface area contributed by atoms with Crippen molar-refractivity contribution in [2.75, 3.05) is 31.1 Å². The van der Waals surface area contributed by atoms with Crippen molar-refractivity contribution >= 4 is 17.5 Å². The van der Waals surface area contributed by atoms with E-state index in [0.29, 0.717) is 18.5 Å². The quantitative estimate of drug-likeness (QED) is 0.919. The number of aromatic nitrogens is 1. The third-order valence-electron chi connectivity index (χ3n) is 5.14. The van der Waals surface area contributed by atoms with Gasteiger partial charge in [0.25, 0.3) is 5.91 Å². The van der Waals surface area contributed by atoms with E-state index in [1.54, 1.807) is 12.4 Å². The third-order valence-corrected chi connectivity index (χ3v) is 5.14. The smallest absolute Gasteiger partial charge is 0.252 e. The second-order valence-corrected chi connectivity index (χ2v) is 6.74. The number of amides is 2. The predicted molar refractivity (Wildman–Crippen MR) is 98.9 cm³/mol. The molecular formula is C20H22N4O2. The van der Waals surface area contributed by atoms with Gasteiger partial charge in [0.15, 0.2) is 0 Å². The zero-order valence-corrected chi connectivity index (χ0v) is 14.6. The monoisotopic (exact) mass is 350 g/mol. The van der Waals surface area contributed by atoms with E-state index in [0.717, 1.165) is 37.3 Å². The Bertz CT molecular complexity index is 808. The lowest BCUT2D eigenvalue weighted by Crippen LogP contribution is -2.37. The summed E-state index contributed by atoms with van der Waals surface area (Å²) in [5, 5.41) is 2.94. The SMILES string of the molecule is O=C1N[C@H](CC(=O)N2CCCN(c3ccncc3)CC2)c2ccccc21. The number of pyridine rings is 1. The number of fused-ring (bicyclic) bond motifs is 1. The molecule has 1 aromatic carbocycles. The van der Waals surface area contributed by atoms with E-state index in [-0.39, 0.29) is 17.9 Å². The molecule has 6 nitrogen and oxygen atoms in total. The molecule has 3 heterocycles. The zero-order chi connectivity index (χ0) is 17.9. The molecule has 0 bridgehead atoms. The zero-order valence-electron chi connectivity index (χ0n) is 14.6. The summed E-state index contributed by atoms with van der Waals surface area (Å²) in [6.45, 7) is 3.19. The molecule has 0 unspecified atom stereocenters. The molecule has 2 aliphatic heterocycles. The number of anilines is 1. The van der Waals surface area contributed by atoms with Crippen molar-refractivity contribution < 1.29 is 9.59 Å². The molecule has 1 aromatic heterocycles. The van der Waals surface area contributed by atoms with Gasteiger partial charge in [0.1, 0.15) is 0 Å². The molecule has 2 aliphatic rings. The van der Waals surface area contributed by atoms with Gasteiger partial charge < -0.3 is 15.1 Å². The Hall–Kier alpha value is -2.89. The molecule has 1 saturated heterocycles. The van der Waals surface area contributed by atoms with Crippen LogP contribution in [0.4, 0.5) is 5.69 Å². The minimum atomic E-state index is -0.217. The molecule has 0 spiro atoms. The Morgan fingerprint density at radius 3 is 2.73 bits per heavy atom. The van der Waals surface area contributed by atoms with Crippen molar-refractivity contribution in [3.8, 4) is 0 Å². The van der Waals surface area contributed by atoms with Crippen molar-refractivity contribution in [3.63, 3.8) is 0 Å². The summed E-state index contributed by atoms with van der Waals surface area (Å²) in [4.78, 5) is 33.1. The molecule has 0 aliphatic carbocycles. The summed E-state index contributed by atoms with van der Waals surface area (Å²) >= 11 is 0. The second-order valence-electron chi connectivity index (χ2n) is 6.74. The van der Waals surface area contributed by atoms with Crippen LogP contribution in [-0.4, -0.2) is 47.9 Å². The standard InChI is InChI=1S/C20H22N4O2/c25-19(14-18-16-4-1-2-5-17(16)20(26)22-18)24-11-3-10-23(12-13-24)15-6-8-21-9-7-15/h1-2,4-9,18H,3,10-14H2,(H,22,26)/t18-/m1/s1. The fourth-order valence-corrected chi connectivity index (χ4v) is 3.77. The first-order valence-electron chi connectivity index (χ1n) is 9.05. The average Bonchev–Trinajstić information content (AvgIpc) is 2.86. The van der Waals surface area contributed by atoms with Gasteiger partial charge in [0, 0.05) is 49.8 Å². The summed E-state index contributed by atoms with van der Waals surface area (Å²) < 4.78 is 0. The molecule has 2 aromatic rings. The van der Waals surface area contributed by atoms with Gasteiger partial charge in [-0.3, -0.25) is 14.6 Å². The molecule has 2 amide bonds. The molecule has 134 valence electrons. The highest BCUT2D eigenvalue weighted by Crippen LogP contribution is 2.28. The Morgan fingerprint density at radius 2 is 1.88 bits per heavy atom. The Morgan fingerprint density at radius 1 is 1.08 bits per heavy atom. The van der Waals surface area contributed by atoms with E-state index in [1.807, 2.05) is 41.3 Å². The summed E-state index contributed by atoms with van der Waals surface area (Å²) in [6.07, 6.45) is 4.84. The first-order chi connectivity index (χ1) is 12.7. The van der Waals surface area contributed by atoms with Crippen LogP contribution in [-0.2, 0) is 4.79 Å². The van der Waals surface area contributed by atoms with Crippen molar-refractivity contribution in [1.29, 1.82) is 0 Å². The molecule has 0 radical (unpaired) electrons. The van der Waals surface area contributed by atoms with E-state index in [9.17, 15) is 9.59 Å². The Balaban J connectivity index is 1.39. The first kappa shape index (κ1) is 16.6. The molecule has 0 saturated carbocycles. The average molecular weight is 350 g/mol. The van der Waals surface area contributed by atoms with Crippen LogP contribution < -0.4 is 10.2 Å². The van der Waals surface area contributed by atoms with Gasteiger partial charge in [-0.2, -0.15) is 0 Å². The number of carbonyl (C=O) groups is 2. The highest BCUT2D eigenvalue weighted by Gasteiger charge is 2.31. The van der Waals surface area contributed by atoms with Crippen molar-refractivity contribution in [1.82, 2.24) is 15.2 Å². The van der Waals surface area contributed by atoms with Gasteiger partial charge in [-0.15, -0.1) is 0 Å². The fourth-order valence-electron chi connectivity index (χ4n) is 3.77. The number of nitrogens with zero attached hydrogens (tertiary/aromatic N) is 3. The maximum absolute atomic E-state index is 12.8. The number of hydrogen-bond donors (Lipinski definition) is 1. The molecule has 1 atom stereocenters. The van der Waals surface area contributed by atoms with Gasteiger partial charge in [0.05, 0.1) is 12.5 Å². The number of hydrogen-bond acceptors (Lipinski definition) is 4. The number of benzene rings is 1. The molecule has 26 heavy (non-hydrogen) atoms. The Kier molecular flexibility index (Phi) is 4.56. The number of rotatable bonds is 3. The normalized spacial score (nSPS) is 19.7. The first-order valence-corrected chi connectivity index (χ1v) is 9.05. The lowest BCUT2D eigenvalue weighted by molar-refractivity contribution is -0.131. The maximum atomic E-state index is 12.8. The summed E-state index contributed by atoms with van der Waals surface area (Å²) in [7, 11) is 0. The topological polar surface area (TPSA) is 65.5 Å². The van der Waals surface area contributed by atoms with Crippen LogP contribution >= 0.6 is 0 Å². The van der Waals surface area contributed by atoms with Gasteiger partial charge in [-0.1, -0.05) is 18.2 Å². The fraction of sp³-hybridized carbons (Fsp3) is 0.350. The molecule has 1 fully saturated rings. The highest BCUT2D eigenvalue weighted by molar-refractivity contribution is 5.99. The highest BCUT2D eigenvalue weighted by atomic mass is 16.2. The van der Waals surface area contributed by atoms with Crippen molar-refractivity contribution in [3.05, 3.63) is 59.9 Å². The minimum absolute atomic E-state index is 0.0851. The lowest BCUT2D eigenvalue weighted by atomic mass is 10.0. The number of carbonyl (C=O) groups excluding carboxylic acids is 2. The van der Waals surface area contributed by atoms with Crippen LogP contribution in [0.15, 0.2) is 48.8 Å².